The average molecular weight is 345 g/mol. The summed E-state index contributed by atoms with van der Waals surface area (Å²) in [6.07, 6.45) is -4.44. The van der Waals surface area contributed by atoms with Gasteiger partial charge in [-0.3, -0.25) is 0 Å². The van der Waals surface area contributed by atoms with E-state index in [0.29, 0.717) is 17.4 Å². The Balaban J connectivity index is 1.86. The monoisotopic (exact) mass is 344 g/mol. The van der Waals surface area contributed by atoms with Crippen LogP contribution in [0.3, 0.4) is 0 Å². The minimum atomic E-state index is -4.44. The van der Waals surface area contributed by atoms with Gasteiger partial charge in [0.1, 0.15) is 18.1 Å². The summed E-state index contributed by atoms with van der Waals surface area (Å²) in [5.41, 5.74) is 0.865. The van der Waals surface area contributed by atoms with Gasteiger partial charge in [-0.15, -0.1) is 0 Å². The number of benzene rings is 2. The van der Waals surface area contributed by atoms with Crippen LogP contribution < -0.4 is 4.74 Å². The van der Waals surface area contributed by atoms with Crippen molar-refractivity contribution in [2.45, 2.75) is 12.8 Å². The highest BCUT2D eigenvalue weighted by Gasteiger charge is 2.31. The molecule has 2 aromatic carbocycles. The molecule has 2 nitrogen and oxygen atoms in total. The van der Waals surface area contributed by atoms with Gasteiger partial charge in [0.15, 0.2) is 5.05 Å². The maximum atomic E-state index is 12.6. The van der Waals surface area contributed by atoms with Crippen molar-refractivity contribution in [2.75, 3.05) is 0 Å². The molecule has 0 fully saturated rings. The van der Waals surface area contributed by atoms with E-state index in [1.807, 2.05) is 0 Å². The Morgan fingerprint density at radius 2 is 1.91 bits per heavy atom. The predicted octanol–water partition coefficient (Wildman–Crippen LogP) is 5.36. The zero-order valence-corrected chi connectivity index (χ0v) is 12.5. The Bertz CT molecular complexity index is 759. The number of hydrogen-bond donors (Lipinski definition) is 0. The van der Waals surface area contributed by atoms with Gasteiger partial charge in [0, 0.05) is 11.1 Å². The summed E-state index contributed by atoms with van der Waals surface area (Å²) in [7, 11) is 0. The summed E-state index contributed by atoms with van der Waals surface area (Å²) in [6.45, 7) is 0.353. The van der Waals surface area contributed by atoms with Crippen molar-refractivity contribution in [3.63, 3.8) is 0 Å². The Morgan fingerprint density at radius 1 is 1.14 bits per heavy atom. The van der Waals surface area contributed by atoms with Gasteiger partial charge in [0.2, 0.25) is 0 Å². The lowest BCUT2D eigenvalue weighted by Gasteiger charge is -2.11. The predicted molar refractivity (Wildman–Crippen MR) is 79.5 cm³/mol. The van der Waals surface area contributed by atoms with Gasteiger partial charge in [-0.05, 0) is 48.6 Å². The Hall–Kier alpha value is -1.79. The molecule has 114 valence electrons. The molecule has 0 aromatic heterocycles. The topological polar surface area (TPSA) is 18.5 Å². The fourth-order valence-corrected chi connectivity index (χ4v) is 2.54. The zero-order chi connectivity index (χ0) is 15.9. The molecule has 1 aliphatic rings. The average Bonchev–Trinajstić information content (AvgIpc) is 2.81. The van der Waals surface area contributed by atoms with Crippen LogP contribution in [0.4, 0.5) is 13.2 Å². The van der Waals surface area contributed by atoms with Gasteiger partial charge in [-0.25, -0.2) is 0 Å². The van der Waals surface area contributed by atoms with Crippen molar-refractivity contribution in [2.24, 2.45) is 0 Å². The van der Waals surface area contributed by atoms with Gasteiger partial charge in [0.25, 0.3) is 0 Å². The summed E-state index contributed by atoms with van der Waals surface area (Å²) in [5.74, 6) is 0.602. The van der Waals surface area contributed by atoms with Crippen molar-refractivity contribution in [1.29, 1.82) is 0 Å². The van der Waals surface area contributed by atoms with E-state index in [1.165, 1.54) is 6.07 Å². The van der Waals surface area contributed by atoms with E-state index in [9.17, 15) is 13.2 Å². The molecule has 0 amide bonds. The van der Waals surface area contributed by atoms with Crippen LogP contribution in [-0.2, 0) is 17.5 Å². The highest BCUT2D eigenvalue weighted by atomic mass is 35.5. The molecular weight excluding hydrogens is 337 g/mol. The molecule has 2 aromatic rings. The first kappa shape index (κ1) is 15.1. The summed E-state index contributed by atoms with van der Waals surface area (Å²) in [5, 5.41) is 0.316. The van der Waals surface area contributed by atoms with E-state index in [0.717, 1.165) is 23.3 Å². The van der Waals surface area contributed by atoms with Crippen LogP contribution in [0.2, 0.25) is 5.02 Å². The molecule has 1 aliphatic heterocycles. The molecule has 1 heterocycles. The molecule has 0 saturated heterocycles. The Kier molecular flexibility index (Phi) is 3.74. The number of alkyl halides is 3. The second kappa shape index (κ2) is 5.44. The Labute approximate surface area is 134 Å². The highest BCUT2D eigenvalue weighted by molar-refractivity contribution is 7.80. The standard InChI is InChI=1S/C15H8ClF3O2S/c16-12-6-9(15(17,18)19)1-4-13(12)21-10-2-3-11-8(5-10)7-20-14(11)22/h1-6H,7H2. The number of ether oxygens (including phenoxy) is 2. The van der Waals surface area contributed by atoms with Crippen molar-refractivity contribution < 1.29 is 22.6 Å². The van der Waals surface area contributed by atoms with Crippen LogP contribution in [0.15, 0.2) is 36.4 Å². The van der Waals surface area contributed by atoms with E-state index in [2.05, 4.69) is 0 Å². The first-order valence-corrected chi connectivity index (χ1v) is 6.98. The largest absolute Gasteiger partial charge is 0.478 e. The molecule has 3 rings (SSSR count). The first-order valence-electron chi connectivity index (χ1n) is 6.19. The highest BCUT2D eigenvalue weighted by Crippen LogP contribution is 2.37. The summed E-state index contributed by atoms with van der Waals surface area (Å²) in [6, 6.07) is 8.09. The fraction of sp³-hybridized carbons (Fsp3) is 0.133. The number of halogens is 4. The van der Waals surface area contributed by atoms with E-state index in [-0.39, 0.29) is 10.8 Å². The van der Waals surface area contributed by atoms with Crippen molar-refractivity contribution >= 4 is 28.9 Å². The van der Waals surface area contributed by atoms with Gasteiger partial charge in [0.05, 0.1) is 10.6 Å². The second-order valence-electron chi connectivity index (χ2n) is 4.64. The smallest absolute Gasteiger partial charge is 0.416 e. The molecule has 0 atom stereocenters. The molecule has 22 heavy (non-hydrogen) atoms. The van der Waals surface area contributed by atoms with Crippen LogP contribution in [0.5, 0.6) is 11.5 Å². The van der Waals surface area contributed by atoms with Crippen LogP contribution >= 0.6 is 23.8 Å². The van der Waals surface area contributed by atoms with E-state index < -0.39 is 11.7 Å². The lowest BCUT2D eigenvalue weighted by molar-refractivity contribution is -0.137. The number of hydrogen-bond acceptors (Lipinski definition) is 3. The minimum Gasteiger partial charge on any atom is -0.478 e. The van der Waals surface area contributed by atoms with Crippen molar-refractivity contribution in [1.82, 2.24) is 0 Å². The quantitative estimate of drug-likeness (QED) is 0.683. The first-order chi connectivity index (χ1) is 10.3. The molecule has 0 saturated carbocycles. The third-order valence-corrected chi connectivity index (χ3v) is 3.78. The SMILES string of the molecule is FC(F)(F)c1ccc(Oc2ccc3c(c2)COC3=S)c(Cl)c1. The Morgan fingerprint density at radius 3 is 2.59 bits per heavy atom. The number of fused-ring (bicyclic) bond motifs is 1. The maximum absolute atomic E-state index is 12.6. The van der Waals surface area contributed by atoms with E-state index in [4.69, 9.17) is 33.3 Å². The molecule has 0 spiro atoms. The molecule has 0 N–H and O–H groups in total. The number of thiocarbonyl (C=S) groups is 1. The van der Waals surface area contributed by atoms with Crippen LogP contribution in [0.1, 0.15) is 16.7 Å². The summed E-state index contributed by atoms with van der Waals surface area (Å²) < 4.78 is 48.5. The number of rotatable bonds is 2. The zero-order valence-electron chi connectivity index (χ0n) is 10.9. The lowest BCUT2D eigenvalue weighted by Crippen LogP contribution is -2.04. The van der Waals surface area contributed by atoms with Crippen molar-refractivity contribution in [3.05, 3.63) is 58.1 Å². The second-order valence-corrected chi connectivity index (χ2v) is 5.42. The lowest BCUT2D eigenvalue weighted by atomic mass is 10.1. The summed E-state index contributed by atoms with van der Waals surface area (Å²) in [4.78, 5) is 0. The van der Waals surface area contributed by atoms with Crippen molar-refractivity contribution in [3.8, 4) is 11.5 Å². The van der Waals surface area contributed by atoms with Gasteiger partial charge in [-0.1, -0.05) is 11.6 Å². The fourth-order valence-electron chi connectivity index (χ4n) is 2.06. The van der Waals surface area contributed by atoms with Crippen LogP contribution in [-0.4, -0.2) is 5.05 Å². The van der Waals surface area contributed by atoms with Crippen LogP contribution in [0.25, 0.3) is 0 Å². The van der Waals surface area contributed by atoms with Gasteiger partial charge in [-0.2, -0.15) is 13.2 Å². The van der Waals surface area contributed by atoms with E-state index >= 15 is 0 Å². The van der Waals surface area contributed by atoms with Gasteiger partial charge < -0.3 is 9.47 Å². The molecular formula is C15H8ClF3O2S. The minimum absolute atomic E-state index is 0.109. The maximum Gasteiger partial charge on any atom is 0.416 e. The third-order valence-electron chi connectivity index (χ3n) is 3.14. The molecule has 0 aliphatic carbocycles. The van der Waals surface area contributed by atoms with Gasteiger partial charge >= 0.3 is 6.18 Å². The molecule has 7 heteroatoms. The third kappa shape index (κ3) is 2.89. The molecule has 0 radical (unpaired) electrons. The van der Waals surface area contributed by atoms with Crippen LogP contribution in [0, 0.1) is 0 Å². The molecule has 0 bridgehead atoms. The van der Waals surface area contributed by atoms with E-state index in [1.54, 1.807) is 18.2 Å². The summed E-state index contributed by atoms with van der Waals surface area (Å²) >= 11 is 10.9. The molecule has 0 unspecified atom stereocenters. The normalized spacial score (nSPS) is 13.7.